The van der Waals surface area contributed by atoms with E-state index in [4.69, 9.17) is 0 Å². The molecule has 0 saturated heterocycles. The third kappa shape index (κ3) is 5.36. The van der Waals surface area contributed by atoms with E-state index in [1.807, 2.05) is 0 Å². The first kappa shape index (κ1) is 16.2. The average molecular weight is 262 g/mol. The van der Waals surface area contributed by atoms with Crippen molar-refractivity contribution in [2.75, 3.05) is 0 Å². The van der Waals surface area contributed by atoms with Crippen molar-refractivity contribution in [2.45, 2.75) is 66.4 Å². The molecule has 0 aliphatic heterocycles. The van der Waals surface area contributed by atoms with Gasteiger partial charge in [0.25, 0.3) is 0 Å². The Balaban J connectivity index is 2.60. The molecule has 0 aliphatic carbocycles. The van der Waals surface area contributed by atoms with E-state index in [0.29, 0.717) is 5.92 Å². The summed E-state index contributed by atoms with van der Waals surface area (Å²) in [5.41, 5.74) is 2.68. The summed E-state index contributed by atoms with van der Waals surface area (Å²) in [6.07, 6.45) is 4.11. The molecule has 0 aromatic heterocycles. The van der Waals surface area contributed by atoms with Crippen molar-refractivity contribution in [3.8, 4) is 0 Å². The summed E-state index contributed by atoms with van der Waals surface area (Å²) < 4.78 is 0. The minimum atomic E-state index is -0.338. The van der Waals surface area contributed by atoms with Crippen molar-refractivity contribution in [1.82, 2.24) is 0 Å². The van der Waals surface area contributed by atoms with Gasteiger partial charge in [0.1, 0.15) is 0 Å². The van der Waals surface area contributed by atoms with Crippen LogP contribution < -0.4 is 0 Å². The van der Waals surface area contributed by atoms with Crippen LogP contribution >= 0.6 is 0 Å². The van der Waals surface area contributed by atoms with Gasteiger partial charge in [0.2, 0.25) is 0 Å². The van der Waals surface area contributed by atoms with Gasteiger partial charge in [0.15, 0.2) is 0 Å². The van der Waals surface area contributed by atoms with Gasteiger partial charge in [-0.1, -0.05) is 65.3 Å². The van der Waals surface area contributed by atoms with Gasteiger partial charge in [-0.2, -0.15) is 0 Å². The van der Waals surface area contributed by atoms with Gasteiger partial charge in [-0.3, -0.25) is 0 Å². The van der Waals surface area contributed by atoms with Crippen molar-refractivity contribution in [3.63, 3.8) is 0 Å². The van der Waals surface area contributed by atoms with Crippen LogP contribution in [0, 0.1) is 11.3 Å². The fraction of sp³-hybridized carbons (Fsp3) is 0.667. The summed E-state index contributed by atoms with van der Waals surface area (Å²) in [7, 11) is 0. The molecule has 108 valence electrons. The van der Waals surface area contributed by atoms with Crippen molar-refractivity contribution in [3.05, 3.63) is 35.4 Å². The number of hydrogen-bond donors (Lipinski definition) is 1. The standard InChI is InChI=1S/C18H30O/c1-6-7-8-15-9-11-16(12-10-15)17(19)13-14(2)18(3,4)5/h9-12,14,17,19H,6-8,13H2,1-5H3. The van der Waals surface area contributed by atoms with Crippen LogP contribution in [-0.2, 0) is 6.42 Å². The molecule has 0 radical (unpaired) electrons. The summed E-state index contributed by atoms with van der Waals surface area (Å²) in [6.45, 7) is 11.1. The molecule has 1 aromatic carbocycles. The predicted octanol–water partition coefficient (Wildman–Crippen LogP) is 5.13. The molecule has 0 fully saturated rings. The number of rotatable bonds is 6. The number of benzene rings is 1. The Hall–Kier alpha value is -0.820. The first-order valence-corrected chi connectivity index (χ1v) is 7.61. The normalized spacial score (nSPS) is 15.3. The lowest BCUT2D eigenvalue weighted by atomic mass is 9.78. The number of unbranched alkanes of at least 4 members (excludes halogenated alkanes) is 1. The highest BCUT2D eigenvalue weighted by Crippen LogP contribution is 2.33. The first-order valence-electron chi connectivity index (χ1n) is 7.61. The Labute approximate surface area is 119 Å². The summed E-state index contributed by atoms with van der Waals surface area (Å²) in [5, 5.41) is 10.3. The summed E-state index contributed by atoms with van der Waals surface area (Å²) >= 11 is 0. The van der Waals surface area contributed by atoms with Crippen LogP contribution in [0.3, 0.4) is 0 Å². The Kier molecular flexibility index (Phi) is 6.06. The maximum atomic E-state index is 10.3. The summed E-state index contributed by atoms with van der Waals surface area (Å²) in [6, 6.07) is 8.50. The van der Waals surface area contributed by atoms with Gasteiger partial charge in [-0.05, 0) is 41.7 Å². The van der Waals surface area contributed by atoms with Gasteiger partial charge in [0.05, 0.1) is 6.10 Å². The maximum Gasteiger partial charge on any atom is 0.0792 e. The zero-order chi connectivity index (χ0) is 14.5. The van der Waals surface area contributed by atoms with Gasteiger partial charge in [0, 0.05) is 0 Å². The highest BCUT2D eigenvalue weighted by Gasteiger charge is 2.23. The van der Waals surface area contributed by atoms with Crippen molar-refractivity contribution in [2.24, 2.45) is 11.3 Å². The highest BCUT2D eigenvalue weighted by molar-refractivity contribution is 5.24. The SMILES string of the molecule is CCCCc1ccc(C(O)CC(C)C(C)(C)C)cc1. The largest absolute Gasteiger partial charge is 0.388 e. The lowest BCUT2D eigenvalue weighted by molar-refractivity contribution is 0.111. The minimum Gasteiger partial charge on any atom is -0.388 e. The van der Waals surface area contributed by atoms with Gasteiger partial charge in [-0.25, -0.2) is 0 Å². The molecule has 0 heterocycles. The molecular formula is C18H30O. The first-order chi connectivity index (χ1) is 8.84. The molecule has 1 aromatic rings. The van der Waals surface area contributed by atoms with Crippen LogP contribution in [-0.4, -0.2) is 5.11 Å². The van der Waals surface area contributed by atoms with E-state index in [9.17, 15) is 5.11 Å². The highest BCUT2D eigenvalue weighted by atomic mass is 16.3. The molecule has 1 nitrogen and oxygen atoms in total. The Morgan fingerprint density at radius 3 is 2.16 bits per heavy atom. The smallest absolute Gasteiger partial charge is 0.0792 e. The van der Waals surface area contributed by atoms with E-state index in [0.717, 1.165) is 18.4 Å². The van der Waals surface area contributed by atoms with E-state index in [1.54, 1.807) is 0 Å². The van der Waals surface area contributed by atoms with Crippen LogP contribution in [0.25, 0.3) is 0 Å². The number of aryl methyl sites for hydroxylation is 1. The number of hydrogen-bond acceptors (Lipinski definition) is 1. The third-order valence-electron chi connectivity index (χ3n) is 4.24. The van der Waals surface area contributed by atoms with E-state index in [2.05, 4.69) is 58.9 Å². The second-order valence-corrected chi connectivity index (χ2v) is 6.86. The van der Waals surface area contributed by atoms with Crippen LogP contribution in [0.2, 0.25) is 0 Å². The fourth-order valence-electron chi connectivity index (χ4n) is 2.11. The topological polar surface area (TPSA) is 20.2 Å². The van der Waals surface area contributed by atoms with Crippen molar-refractivity contribution in [1.29, 1.82) is 0 Å². The third-order valence-corrected chi connectivity index (χ3v) is 4.24. The molecule has 1 rings (SSSR count). The zero-order valence-electron chi connectivity index (χ0n) is 13.2. The average Bonchev–Trinajstić information content (AvgIpc) is 2.35. The van der Waals surface area contributed by atoms with Crippen LogP contribution in [0.4, 0.5) is 0 Å². The van der Waals surface area contributed by atoms with Crippen LogP contribution in [0.15, 0.2) is 24.3 Å². The number of aliphatic hydroxyl groups is 1. The maximum absolute atomic E-state index is 10.3. The molecule has 0 saturated carbocycles. The van der Waals surface area contributed by atoms with Crippen molar-refractivity contribution < 1.29 is 5.11 Å². The van der Waals surface area contributed by atoms with Gasteiger partial charge in [-0.15, -0.1) is 0 Å². The monoisotopic (exact) mass is 262 g/mol. The summed E-state index contributed by atoms with van der Waals surface area (Å²) in [4.78, 5) is 0. The summed E-state index contributed by atoms with van der Waals surface area (Å²) in [5.74, 6) is 0.502. The van der Waals surface area contributed by atoms with Crippen molar-refractivity contribution >= 4 is 0 Å². The molecule has 2 unspecified atom stereocenters. The molecule has 0 aliphatic rings. The Morgan fingerprint density at radius 2 is 1.68 bits per heavy atom. The molecule has 1 heteroatoms. The quantitative estimate of drug-likeness (QED) is 0.753. The Morgan fingerprint density at radius 1 is 1.11 bits per heavy atom. The second-order valence-electron chi connectivity index (χ2n) is 6.86. The lowest BCUT2D eigenvalue weighted by Crippen LogP contribution is -2.19. The Bertz CT molecular complexity index is 358. The molecular weight excluding hydrogens is 232 g/mol. The van der Waals surface area contributed by atoms with E-state index in [-0.39, 0.29) is 11.5 Å². The van der Waals surface area contributed by atoms with E-state index in [1.165, 1.54) is 18.4 Å². The minimum absolute atomic E-state index is 0.252. The van der Waals surface area contributed by atoms with E-state index >= 15 is 0 Å². The lowest BCUT2D eigenvalue weighted by Gasteiger charge is -2.29. The molecule has 0 bridgehead atoms. The number of aliphatic hydroxyl groups excluding tert-OH is 1. The second kappa shape index (κ2) is 7.09. The van der Waals surface area contributed by atoms with E-state index < -0.39 is 0 Å². The predicted molar refractivity (Wildman–Crippen MR) is 83.2 cm³/mol. The molecule has 1 N–H and O–H groups in total. The molecule has 19 heavy (non-hydrogen) atoms. The van der Waals surface area contributed by atoms with Gasteiger partial charge >= 0.3 is 0 Å². The van der Waals surface area contributed by atoms with Crippen LogP contribution in [0.5, 0.6) is 0 Å². The van der Waals surface area contributed by atoms with Gasteiger partial charge < -0.3 is 5.11 Å². The fourth-order valence-corrected chi connectivity index (χ4v) is 2.11. The van der Waals surface area contributed by atoms with Crippen LogP contribution in [0.1, 0.15) is 71.1 Å². The molecule has 0 spiro atoms. The zero-order valence-corrected chi connectivity index (χ0v) is 13.2. The molecule has 2 atom stereocenters. The molecule has 0 amide bonds.